The molecule has 0 amide bonds. The Morgan fingerprint density at radius 2 is 1.76 bits per heavy atom. The van der Waals surface area contributed by atoms with Gasteiger partial charge in [-0.05, 0) is 36.5 Å². The Hall–Kier alpha value is -0.690. The minimum Gasteiger partial charge on any atom is -0.494 e. The molecule has 1 aromatic rings. The molecule has 0 spiro atoms. The quantitative estimate of drug-likeness (QED) is 0.623. The van der Waals surface area contributed by atoms with Crippen LogP contribution in [0.2, 0.25) is 0 Å². The van der Waals surface area contributed by atoms with Gasteiger partial charge in [0, 0.05) is 5.38 Å². The highest BCUT2D eigenvalue weighted by Crippen LogP contribution is 2.27. The summed E-state index contributed by atoms with van der Waals surface area (Å²) in [6.45, 7) is 7.25. The molecule has 0 heterocycles. The Kier molecular flexibility index (Phi) is 6.43. The van der Waals surface area contributed by atoms with E-state index in [0.717, 1.165) is 31.6 Å². The number of ether oxygens (including phenoxy) is 1. The maximum Gasteiger partial charge on any atom is 0.119 e. The molecule has 0 saturated carbocycles. The summed E-state index contributed by atoms with van der Waals surface area (Å²) in [5.74, 6) is 1.35. The van der Waals surface area contributed by atoms with Gasteiger partial charge in [-0.2, -0.15) is 0 Å². The Morgan fingerprint density at radius 1 is 1.12 bits per heavy atom. The molecule has 0 aliphatic heterocycles. The third kappa shape index (κ3) is 4.59. The first-order valence-electron chi connectivity index (χ1n) is 6.55. The van der Waals surface area contributed by atoms with E-state index in [9.17, 15) is 0 Å². The predicted molar refractivity (Wildman–Crippen MR) is 75.2 cm³/mol. The summed E-state index contributed by atoms with van der Waals surface area (Å²) in [5, 5.41) is 0.224. The van der Waals surface area contributed by atoms with Crippen LogP contribution in [0.25, 0.3) is 0 Å². The van der Waals surface area contributed by atoms with Crippen LogP contribution in [0.1, 0.15) is 51.5 Å². The molecule has 1 nitrogen and oxygen atoms in total. The number of alkyl halides is 1. The summed E-state index contributed by atoms with van der Waals surface area (Å²) in [5.41, 5.74) is 1.29. The second-order valence-corrected chi connectivity index (χ2v) is 5.07. The minimum absolute atomic E-state index is 0.224. The maximum atomic E-state index is 6.36. The third-order valence-corrected chi connectivity index (χ3v) is 3.58. The second-order valence-electron chi connectivity index (χ2n) is 4.51. The van der Waals surface area contributed by atoms with Crippen LogP contribution < -0.4 is 4.74 Å². The molecule has 0 aromatic heterocycles. The summed E-state index contributed by atoms with van der Waals surface area (Å²) in [7, 11) is 0. The number of hydrogen-bond acceptors (Lipinski definition) is 1. The minimum atomic E-state index is 0.224. The topological polar surface area (TPSA) is 9.23 Å². The van der Waals surface area contributed by atoms with Gasteiger partial charge in [-0.15, -0.1) is 11.6 Å². The molecule has 0 fully saturated rings. The van der Waals surface area contributed by atoms with E-state index in [-0.39, 0.29) is 5.38 Å². The highest BCUT2D eigenvalue weighted by molar-refractivity contribution is 6.21. The van der Waals surface area contributed by atoms with E-state index < -0.39 is 0 Å². The first-order valence-corrected chi connectivity index (χ1v) is 6.99. The lowest BCUT2D eigenvalue weighted by Gasteiger charge is -2.18. The second kappa shape index (κ2) is 7.60. The van der Waals surface area contributed by atoms with Crippen LogP contribution in [0, 0.1) is 0 Å². The molecular weight excluding hydrogens is 232 g/mol. The zero-order valence-corrected chi connectivity index (χ0v) is 11.8. The van der Waals surface area contributed by atoms with Crippen molar-refractivity contribution in [3.05, 3.63) is 29.8 Å². The van der Waals surface area contributed by atoms with Crippen LogP contribution in [0.5, 0.6) is 5.75 Å². The summed E-state index contributed by atoms with van der Waals surface area (Å²) in [4.78, 5) is 0. The van der Waals surface area contributed by atoms with Gasteiger partial charge in [-0.1, -0.05) is 39.3 Å². The molecule has 1 aromatic carbocycles. The summed E-state index contributed by atoms with van der Waals surface area (Å²) in [6.07, 6.45) is 3.24. The van der Waals surface area contributed by atoms with Crippen molar-refractivity contribution in [2.75, 3.05) is 6.61 Å². The number of benzene rings is 1. The normalized spacial score (nSPS) is 14.4. The van der Waals surface area contributed by atoms with E-state index in [1.807, 2.05) is 12.1 Å². The number of hydrogen-bond donors (Lipinski definition) is 0. The molecule has 0 radical (unpaired) electrons. The number of rotatable bonds is 7. The van der Waals surface area contributed by atoms with E-state index in [1.54, 1.807) is 0 Å². The highest BCUT2D eigenvalue weighted by Gasteiger charge is 2.15. The highest BCUT2D eigenvalue weighted by atomic mass is 35.5. The van der Waals surface area contributed by atoms with Gasteiger partial charge in [0.15, 0.2) is 0 Å². The van der Waals surface area contributed by atoms with Gasteiger partial charge in [-0.25, -0.2) is 0 Å². The molecule has 0 aliphatic rings. The smallest absolute Gasteiger partial charge is 0.119 e. The van der Waals surface area contributed by atoms with Crippen LogP contribution in [0.4, 0.5) is 0 Å². The van der Waals surface area contributed by atoms with Crippen molar-refractivity contribution in [3.63, 3.8) is 0 Å². The first-order chi connectivity index (χ1) is 8.19. The van der Waals surface area contributed by atoms with Crippen molar-refractivity contribution in [1.82, 2.24) is 0 Å². The molecule has 0 bridgehead atoms. The zero-order chi connectivity index (χ0) is 12.7. The fourth-order valence-electron chi connectivity index (χ4n) is 1.82. The molecule has 0 N–H and O–H groups in total. The van der Waals surface area contributed by atoms with Crippen LogP contribution in [0.15, 0.2) is 24.3 Å². The maximum absolute atomic E-state index is 6.36. The molecule has 0 aliphatic carbocycles. The van der Waals surface area contributed by atoms with E-state index >= 15 is 0 Å². The first kappa shape index (κ1) is 14.4. The van der Waals surface area contributed by atoms with Crippen LogP contribution in [0.3, 0.4) is 0 Å². The standard InChI is InChI=1S/C15H23ClO/c1-4-6-15(16)12(3)13-7-9-14(10-8-13)17-11-5-2/h7-10,12,15H,4-6,11H2,1-3H3. The van der Waals surface area contributed by atoms with E-state index in [0.29, 0.717) is 5.92 Å². The molecule has 1 rings (SSSR count). The Labute approximate surface area is 110 Å². The summed E-state index contributed by atoms with van der Waals surface area (Å²) >= 11 is 6.36. The molecule has 96 valence electrons. The van der Waals surface area contributed by atoms with E-state index in [4.69, 9.17) is 16.3 Å². The van der Waals surface area contributed by atoms with Gasteiger partial charge >= 0.3 is 0 Å². The van der Waals surface area contributed by atoms with Crippen LogP contribution in [-0.4, -0.2) is 12.0 Å². The fraction of sp³-hybridized carbons (Fsp3) is 0.600. The average molecular weight is 255 g/mol. The monoisotopic (exact) mass is 254 g/mol. The summed E-state index contributed by atoms with van der Waals surface area (Å²) < 4.78 is 5.56. The van der Waals surface area contributed by atoms with Crippen LogP contribution in [-0.2, 0) is 0 Å². The third-order valence-electron chi connectivity index (χ3n) is 2.99. The van der Waals surface area contributed by atoms with Gasteiger partial charge in [-0.3, -0.25) is 0 Å². The van der Waals surface area contributed by atoms with Gasteiger partial charge in [0.25, 0.3) is 0 Å². The van der Waals surface area contributed by atoms with Gasteiger partial charge in [0.2, 0.25) is 0 Å². The van der Waals surface area contributed by atoms with Gasteiger partial charge in [0.1, 0.15) is 5.75 Å². The zero-order valence-electron chi connectivity index (χ0n) is 11.1. The molecular formula is C15H23ClO. The Morgan fingerprint density at radius 3 is 2.29 bits per heavy atom. The van der Waals surface area contributed by atoms with Crippen LogP contribution >= 0.6 is 11.6 Å². The lowest BCUT2D eigenvalue weighted by molar-refractivity contribution is 0.317. The van der Waals surface area contributed by atoms with Gasteiger partial charge in [0.05, 0.1) is 6.61 Å². The molecule has 17 heavy (non-hydrogen) atoms. The summed E-state index contributed by atoms with van der Waals surface area (Å²) in [6, 6.07) is 8.33. The Bertz CT molecular complexity index is 307. The van der Waals surface area contributed by atoms with Crippen molar-refractivity contribution in [2.24, 2.45) is 0 Å². The van der Waals surface area contributed by atoms with Crippen molar-refractivity contribution < 1.29 is 4.74 Å². The SMILES string of the molecule is CCCOc1ccc(C(C)C(Cl)CCC)cc1. The predicted octanol–water partition coefficient (Wildman–Crippen LogP) is 4.99. The average Bonchev–Trinajstić information content (AvgIpc) is 2.36. The lowest BCUT2D eigenvalue weighted by Crippen LogP contribution is -2.09. The largest absolute Gasteiger partial charge is 0.494 e. The van der Waals surface area contributed by atoms with Gasteiger partial charge < -0.3 is 4.74 Å². The van der Waals surface area contributed by atoms with E-state index in [2.05, 4.69) is 32.9 Å². The Balaban J connectivity index is 2.60. The fourth-order valence-corrected chi connectivity index (χ4v) is 2.19. The van der Waals surface area contributed by atoms with Crippen molar-refractivity contribution in [1.29, 1.82) is 0 Å². The van der Waals surface area contributed by atoms with Crippen molar-refractivity contribution in [2.45, 2.75) is 51.3 Å². The van der Waals surface area contributed by atoms with Crippen molar-refractivity contribution >= 4 is 11.6 Å². The van der Waals surface area contributed by atoms with Crippen molar-refractivity contribution in [3.8, 4) is 5.75 Å². The lowest BCUT2D eigenvalue weighted by atomic mass is 9.95. The molecule has 2 heteroatoms. The molecule has 0 saturated heterocycles. The molecule has 2 unspecified atom stereocenters. The van der Waals surface area contributed by atoms with E-state index in [1.165, 1.54) is 5.56 Å². The molecule has 2 atom stereocenters. The number of halogens is 1.